The highest BCUT2D eigenvalue weighted by molar-refractivity contribution is 6.00. The van der Waals surface area contributed by atoms with E-state index in [9.17, 15) is 9.90 Å². The number of nitrogens with one attached hydrogen (secondary N) is 2. The Morgan fingerprint density at radius 1 is 1.12 bits per heavy atom. The first-order valence-electron chi connectivity index (χ1n) is 8.17. The SMILES string of the molecule is CN(C)c1ccc(NC(=O)Nc2cccc3c2C[C@H](O)CC3)cc1. The second-order valence-corrected chi connectivity index (χ2v) is 6.36. The first-order valence-corrected chi connectivity index (χ1v) is 8.17. The highest BCUT2D eigenvalue weighted by Gasteiger charge is 2.19. The number of carbonyl (C=O) groups excluding carboxylic acids is 1. The average molecular weight is 325 g/mol. The number of hydrogen-bond donors (Lipinski definition) is 3. The van der Waals surface area contributed by atoms with E-state index in [-0.39, 0.29) is 12.1 Å². The van der Waals surface area contributed by atoms with Crippen molar-refractivity contribution in [2.75, 3.05) is 29.6 Å². The smallest absolute Gasteiger partial charge is 0.323 e. The molecule has 3 rings (SSSR count). The number of urea groups is 1. The minimum absolute atomic E-state index is 0.277. The summed E-state index contributed by atoms with van der Waals surface area (Å²) in [6.45, 7) is 0. The van der Waals surface area contributed by atoms with Gasteiger partial charge in [-0.3, -0.25) is 0 Å². The molecule has 0 aromatic heterocycles. The molecule has 0 fully saturated rings. The van der Waals surface area contributed by atoms with Gasteiger partial charge >= 0.3 is 6.03 Å². The van der Waals surface area contributed by atoms with Gasteiger partial charge in [-0.05, 0) is 54.3 Å². The van der Waals surface area contributed by atoms with Gasteiger partial charge in [-0.1, -0.05) is 12.1 Å². The molecule has 0 unspecified atom stereocenters. The highest BCUT2D eigenvalue weighted by atomic mass is 16.3. The normalized spacial score (nSPS) is 16.2. The van der Waals surface area contributed by atoms with Gasteiger partial charge in [0.1, 0.15) is 0 Å². The quantitative estimate of drug-likeness (QED) is 0.812. The Bertz CT molecular complexity index is 726. The fourth-order valence-electron chi connectivity index (χ4n) is 3.01. The number of anilines is 3. The zero-order chi connectivity index (χ0) is 17.1. The predicted octanol–water partition coefficient (Wildman–Crippen LogP) is 3.25. The molecule has 0 spiro atoms. The third-order valence-electron chi connectivity index (χ3n) is 4.35. The Labute approximate surface area is 142 Å². The van der Waals surface area contributed by atoms with Crippen LogP contribution in [0.5, 0.6) is 0 Å². The van der Waals surface area contributed by atoms with E-state index in [1.54, 1.807) is 0 Å². The maximum absolute atomic E-state index is 12.3. The molecular formula is C19H23N3O2. The summed E-state index contributed by atoms with van der Waals surface area (Å²) in [5.41, 5.74) is 4.83. The summed E-state index contributed by atoms with van der Waals surface area (Å²) in [5, 5.41) is 15.6. The fraction of sp³-hybridized carbons (Fsp3) is 0.316. The molecule has 5 nitrogen and oxygen atoms in total. The van der Waals surface area contributed by atoms with E-state index in [0.29, 0.717) is 6.42 Å². The van der Waals surface area contributed by atoms with Crippen LogP contribution in [0.2, 0.25) is 0 Å². The number of aliphatic hydroxyl groups excluding tert-OH is 1. The van der Waals surface area contributed by atoms with Crippen LogP contribution < -0.4 is 15.5 Å². The minimum atomic E-state index is -0.331. The van der Waals surface area contributed by atoms with Crippen molar-refractivity contribution in [1.29, 1.82) is 0 Å². The molecule has 0 bridgehead atoms. The van der Waals surface area contributed by atoms with Gasteiger partial charge in [0, 0.05) is 37.6 Å². The Kier molecular flexibility index (Phi) is 4.71. The molecule has 1 aliphatic carbocycles. The molecule has 2 amide bonds. The number of fused-ring (bicyclic) bond motifs is 1. The number of aliphatic hydroxyl groups is 1. The zero-order valence-electron chi connectivity index (χ0n) is 14.0. The van der Waals surface area contributed by atoms with Gasteiger partial charge in [0.05, 0.1) is 6.10 Å². The predicted molar refractivity (Wildman–Crippen MR) is 97.9 cm³/mol. The number of carbonyl (C=O) groups is 1. The van der Waals surface area contributed by atoms with Gasteiger partial charge < -0.3 is 20.6 Å². The lowest BCUT2D eigenvalue weighted by Crippen LogP contribution is -2.24. The Morgan fingerprint density at radius 3 is 2.58 bits per heavy atom. The number of nitrogens with zero attached hydrogens (tertiary/aromatic N) is 1. The lowest BCUT2D eigenvalue weighted by molar-refractivity contribution is 0.159. The van der Waals surface area contributed by atoms with E-state index >= 15 is 0 Å². The number of hydrogen-bond acceptors (Lipinski definition) is 3. The Morgan fingerprint density at radius 2 is 1.88 bits per heavy atom. The lowest BCUT2D eigenvalue weighted by atomic mass is 9.88. The third kappa shape index (κ3) is 3.68. The summed E-state index contributed by atoms with van der Waals surface area (Å²) >= 11 is 0. The maximum atomic E-state index is 12.3. The van der Waals surface area contributed by atoms with Gasteiger partial charge in [-0.2, -0.15) is 0 Å². The van der Waals surface area contributed by atoms with Gasteiger partial charge in [-0.15, -0.1) is 0 Å². The summed E-state index contributed by atoms with van der Waals surface area (Å²) in [5.74, 6) is 0. The molecule has 0 radical (unpaired) electrons. The van der Waals surface area contributed by atoms with Gasteiger partial charge in [0.15, 0.2) is 0 Å². The van der Waals surface area contributed by atoms with E-state index in [4.69, 9.17) is 0 Å². The van der Waals surface area contributed by atoms with E-state index in [1.807, 2.05) is 55.4 Å². The molecule has 0 saturated carbocycles. The van der Waals surface area contributed by atoms with Crippen molar-refractivity contribution >= 4 is 23.1 Å². The van der Waals surface area contributed by atoms with Crippen LogP contribution >= 0.6 is 0 Å². The minimum Gasteiger partial charge on any atom is -0.393 e. The zero-order valence-corrected chi connectivity index (χ0v) is 14.0. The van der Waals surface area contributed by atoms with Crippen LogP contribution in [0.15, 0.2) is 42.5 Å². The van der Waals surface area contributed by atoms with E-state index < -0.39 is 0 Å². The van der Waals surface area contributed by atoms with Crippen LogP contribution in [-0.2, 0) is 12.8 Å². The Hall–Kier alpha value is -2.53. The molecule has 1 aliphatic rings. The van der Waals surface area contributed by atoms with Gasteiger partial charge in [0.25, 0.3) is 0 Å². The molecule has 0 aliphatic heterocycles. The molecule has 5 heteroatoms. The molecule has 3 N–H and O–H groups in total. The number of rotatable bonds is 3. The standard InChI is InChI=1S/C19H23N3O2/c1-22(2)15-9-7-14(8-10-15)20-19(24)21-18-5-3-4-13-6-11-16(23)12-17(13)18/h3-5,7-10,16,23H,6,11-12H2,1-2H3,(H2,20,21,24)/t16-/m1/s1. The van der Waals surface area contributed by atoms with Crippen LogP contribution in [0.25, 0.3) is 0 Å². The van der Waals surface area contributed by atoms with Crippen molar-refractivity contribution in [2.45, 2.75) is 25.4 Å². The first-order chi connectivity index (χ1) is 11.5. The fourth-order valence-corrected chi connectivity index (χ4v) is 3.01. The summed E-state index contributed by atoms with van der Waals surface area (Å²) in [6, 6.07) is 13.3. The largest absolute Gasteiger partial charge is 0.393 e. The monoisotopic (exact) mass is 325 g/mol. The van der Waals surface area contributed by atoms with Crippen molar-refractivity contribution in [2.24, 2.45) is 0 Å². The van der Waals surface area contributed by atoms with Crippen molar-refractivity contribution in [3.8, 4) is 0 Å². The molecule has 0 saturated heterocycles. The van der Waals surface area contributed by atoms with Crippen molar-refractivity contribution in [3.63, 3.8) is 0 Å². The summed E-state index contributed by atoms with van der Waals surface area (Å²) in [6.07, 6.45) is 1.88. The van der Waals surface area contributed by atoms with E-state index in [0.717, 1.165) is 35.5 Å². The van der Waals surface area contributed by atoms with Crippen LogP contribution in [0.1, 0.15) is 17.5 Å². The van der Waals surface area contributed by atoms with Crippen molar-refractivity contribution in [3.05, 3.63) is 53.6 Å². The van der Waals surface area contributed by atoms with Gasteiger partial charge in [0.2, 0.25) is 0 Å². The average Bonchev–Trinajstić information content (AvgIpc) is 2.56. The molecule has 2 aromatic carbocycles. The molecule has 0 heterocycles. The number of aryl methyl sites for hydroxylation is 1. The van der Waals surface area contributed by atoms with Crippen LogP contribution in [0.3, 0.4) is 0 Å². The third-order valence-corrected chi connectivity index (χ3v) is 4.35. The molecule has 2 aromatic rings. The second-order valence-electron chi connectivity index (χ2n) is 6.36. The first kappa shape index (κ1) is 16.3. The Balaban J connectivity index is 1.69. The topological polar surface area (TPSA) is 64.6 Å². The molecule has 24 heavy (non-hydrogen) atoms. The molecule has 1 atom stereocenters. The van der Waals surface area contributed by atoms with Crippen LogP contribution in [-0.4, -0.2) is 31.3 Å². The van der Waals surface area contributed by atoms with E-state index in [2.05, 4.69) is 16.7 Å². The van der Waals surface area contributed by atoms with Gasteiger partial charge in [-0.25, -0.2) is 4.79 Å². The maximum Gasteiger partial charge on any atom is 0.323 e. The van der Waals surface area contributed by atoms with Crippen molar-refractivity contribution in [1.82, 2.24) is 0 Å². The van der Waals surface area contributed by atoms with Crippen molar-refractivity contribution < 1.29 is 9.90 Å². The molecular weight excluding hydrogens is 302 g/mol. The van der Waals surface area contributed by atoms with E-state index in [1.165, 1.54) is 5.56 Å². The second kappa shape index (κ2) is 6.93. The number of amides is 2. The van der Waals surface area contributed by atoms with Crippen LogP contribution in [0.4, 0.5) is 21.9 Å². The summed E-state index contributed by atoms with van der Waals surface area (Å²) < 4.78 is 0. The summed E-state index contributed by atoms with van der Waals surface area (Å²) in [4.78, 5) is 14.3. The highest BCUT2D eigenvalue weighted by Crippen LogP contribution is 2.28. The summed E-state index contributed by atoms with van der Waals surface area (Å²) in [7, 11) is 3.95. The lowest BCUT2D eigenvalue weighted by Gasteiger charge is -2.23. The molecule has 126 valence electrons. The van der Waals surface area contributed by atoms with Crippen LogP contribution in [0, 0.1) is 0 Å². The number of benzene rings is 2.